The Hall–Kier alpha value is -1.33. The smallest absolute Gasteiger partial charge is 0.0850 e. The van der Waals surface area contributed by atoms with E-state index in [2.05, 4.69) is 17.1 Å². The first-order valence-corrected chi connectivity index (χ1v) is 7.33. The Morgan fingerprint density at radius 3 is 2.40 bits per heavy atom. The van der Waals surface area contributed by atoms with Gasteiger partial charge in [-0.15, -0.1) is 0 Å². The van der Waals surface area contributed by atoms with Crippen molar-refractivity contribution < 1.29 is 0 Å². The van der Waals surface area contributed by atoms with Gasteiger partial charge in [0.15, 0.2) is 0 Å². The molecular formula is C14H22ClN5. The molecule has 0 aliphatic heterocycles. The van der Waals surface area contributed by atoms with Gasteiger partial charge in [-0.3, -0.25) is 9.36 Å². The zero-order chi connectivity index (χ0) is 14.9. The molecule has 2 heterocycles. The molecule has 0 aliphatic carbocycles. The monoisotopic (exact) mass is 295 g/mol. The first-order chi connectivity index (χ1) is 9.47. The van der Waals surface area contributed by atoms with Crippen molar-refractivity contribution >= 4 is 11.6 Å². The highest BCUT2D eigenvalue weighted by atomic mass is 35.5. The molecule has 2 aromatic rings. The van der Waals surface area contributed by atoms with Crippen LogP contribution in [-0.4, -0.2) is 19.6 Å². The van der Waals surface area contributed by atoms with Crippen LogP contribution in [0.3, 0.4) is 0 Å². The summed E-state index contributed by atoms with van der Waals surface area (Å²) in [5.41, 5.74) is 10.4. The lowest BCUT2D eigenvalue weighted by molar-refractivity contribution is 0.634. The maximum absolute atomic E-state index is 6.38. The Morgan fingerprint density at radius 2 is 1.85 bits per heavy atom. The molecule has 0 saturated carbocycles. The van der Waals surface area contributed by atoms with Gasteiger partial charge in [0.2, 0.25) is 0 Å². The van der Waals surface area contributed by atoms with Crippen LogP contribution in [0, 0.1) is 0 Å². The number of aryl methyl sites for hydroxylation is 4. The maximum atomic E-state index is 6.38. The van der Waals surface area contributed by atoms with Crippen LogP contribution >= 0.6 is 11.6 Å². The summed E-state index contributed by atoms with van der Waals surface area (Å²) in [7, 11) is 3.83. The van der Waals surface area contributed by atoms with Crippen LogP contribution < -0.4 is 5.73 Å². The number of hydrogen-bond donors (Lipinski definition) is 1. The summed E-state index contributed by atoms with van der Waals surface area (Å²) >= 11 is 6.38. The molecule has 0 bridgehead atoms. The highest BCUT2D eigenvalue weighted by Crippen LogP contribution is 2.26. The van der Waals surface area contributed by atoms with Crippen LogP contribution in [0.25, 0.3) is 0 Å². The van der Waals surface area contributed by atoms with Crippen LogP contribution in [0.5, 0.6) is 0 Å². The van der Waals surface area contributed by atoms with Crippen LogP contribution in [0.1, 0.15) is 42.5 Å². The van der Waals surface area contributed by atoms with Crippen molar-refractivity contribution in [1.82, 2.24) is 19.6 Å². The average Bonchev–Trinajstić information content (AvgIpc) is 2.93. The predicted molar refractivity (Wildman–Crippen MR) is 80.8 cm³/mol. The third-order valence-electron chi connectivity index (χ3n) is 3.59. The zero-order valence-corrected chi connectivity index (χ0v) is 13.3. The van der Waals surface area contributed by atoms with E-state index in [9.17, 15) is 0 Å². The van der Waals surface area contributed by atoms with E-state index in [4.69, 9.17) is 17.3 Å². The molecule has 1 atom stereocenters. The SMILES string of the molecule is CCc1nn(C)cc1C(N)Cc1c(Cl)c(CC)nn1C. The van der Waals surface area contributed by atoms with E-state index in [1.807, 2.05) is 36.6 Å². The Bertz CT molecular complexity index is 599. The topological polar surface area (TPSA) is 61.7 Å². The van der Waals surface area contributed by atoms with Gasteiger partial charge < -0.3 is 5.73 Å². The Kier molecular flexibility index (Phi) is 4.50. The molecule has 1 unspecified atom stereocenters. The van der Waals surface area contributed by atoms with Gasteiger partial charge in [0, 0.05) is 38.3 Å². The van der Waals surface area contributed by atoms with Gasteiger partial charge >= 0.3 is 0 Å². The summed E-state index contributed by atoms with van der Waals surface area (Å²) in [5.74, 6) is 0. The molecule has 0 fully saturated rings. The second kappa shape index (κ2) is 5.97. The lowest BCUT2D eigenvalue weighted by Gasteiger charge is -2.12. The minimum absolute atomic E-state index is 0.115. The van der Waals surface area contributed by atoms with Gasteiger partial charge in [-0.25, -0.2) is 0 Å². The number of halogens is 1. The van der Waals surface area contributed by atoms with Gasteiger partial charge in [-0.05, 0) is 12.8 Å². The summed E-state index contributed by atoms with van der Waals surface area (Å²) < 4.78 is 3.65. The molecular weight excluding hydrogens is 274 g/mol. The fourth-order valence-electron chi connectivity index (χ4n) is 2.50. The largest absolute Gasteiger partial charge is 0.324 e. The third-order valence-corrected chi connectivity index (χ3v) is 4.02. The molecule has 0 spiro atoms. The van der Waals surface area contributed by atoms with Crippen molar-refractivity contribution in [2.75, 3.05) is 0 Å². The van der Waals surface area contributed by atoms with Crippen molar-refractivity contribution in [2.24, 2.45) is 19.8 Å². The van der Waals surface area contributed by atoms with E-state index < -0.39 is 0 Å². The Morgan fingerprint density at radius 1 is 1.20 bits per heavy atom. The fraction of sp³-hybridized carbons (Fsp3) is 0.571. The second-order valence-corrected chi connectivity index (χ2v) is 5.43. The standard InChI is InChI=1S/C14H22ClN5/c1-5-11-9(8-19(3)17-11)10(16)7-13-14(15)12(6-2)18-20(13)4/h8,10H,5-7,16H2,1-4H3. The van der Waals surface area contributed by atoms with E-state index in [-0.39, 0.29) is 6.04 Å². The van der Waals surface area contributed by atoms with Crippen molar-refractivity contribution in [1.29, 1.82) is 0 Å². The third kappa shape index (κ3) is 2.74. The van der Waals surface area contributed by atoms with Crippen LogP contribution in [0.4, 0.5) is 0 Å². The zero-order valence-electron chi connectivity index (χ0n) is 12.5. The highest BCUT2D eigenvalue weighted by Gasteiger charge is 2.20. The second-order valence-electron chi connectivity index (χ2n) is 5.05. The summed E-state index contributed by atoms with van der Waals surface area (Å²) in [6.07, 6.45) is 4.37. The number of rotatable bonds is 5. The van der Waals surface area contributed by atoms with Crippen LogP contribution in [0.15, 0.2) is 6.20 Å². The van der Waals surface area contributed by atoms with Gasteiger partial charge in [-0.2, -0.15) is 10.2 Å². The molecule has 20 heavy (non-hydrogen) atoms. The number of nitrogens with zero attached hydrogens (tertiary/aromatic N) is 4. The molecule has 0 radical (unpaired) electrons. The highest BCUT2D eigenvalue weighted by molar-refractivity contribution is 6.31. The number of nitrogens with two attached hydrogens (primary N) is 1. The summed E-state index contributed by atoms with van der Waals surface area (Å²) in [5, 5.41) is 9.61. The van der Waals surface area contributed by atoms with Gasteiger partial charge in [0.05, 0.1) is 22.1 Å². The van der Waals surface area contributed by atoms with Gasteiger partial charge in [-0.1, -0.05) is 25.4 Å². The molecule has 0 aromatic carbocycles. The lowest BCUT2D eigenvalue weighted by atomic mass is 10.0. The molecule has 0 saturated heterocycles. The van der Waals surface area contributed by atoms with E-state index in [1.165, 1.54) is 0 Å². The van der Waals surface area contributed by atoms with E-state index in [1.54, 1.807) is 0 Å². The molecule has 0 aliphatic rings. The maximum Gasteiger partial charge on any atom is 0.0850 e. The Labute approximate surface area is 124 Å². The molecule has 2 N–H and O–H groups in total. The molecule has 110 valence electrons. The minimum atomic E-state index is -0.115. The fourth-order valence-corrected chi connectivity index (χ4v) is 2.87. The van der Waals surface area contributed by atoms with Crippen molar-refractivity contribution in [3.05, 3.63) is 33.9 Å². The molecule has 5 nitrogen and oxygen atoms in total. The molecule has 2 rings (SSSR count). The van der Waals surface area contributed by atoms with Crippen molar-refractivity contribution in [2.45, 2.75) is 39.2 Å². The van der Waals surface area contributed by atoms with E-state index >= 15 is 0 Å². The summed E-state index contributed by atoms with van der Waals surface area (Å²) in [6, 6.07) is -0.115. The van der Waals surface area contributed by atoms with Gasteiger partial charge in [0.1, 0.15) is 0 Å². The molecule has 6 heteroatoms. The summed E-state index contributed by atoms with van der Waals surface area (Å²) in [4.78, 5) is 0. The van der Waals surface area contributed by atoms with E-state index in [0.29, 0.717) is 6.42 Å². The van der Waals surface area contributed by atoms with Crippen molar-refractivity contribution in [3.8, 4) is 0 Å². The molecule has 2 aromatic heterocycles. The molecule has 0 amide bonds. The lowest BCUT2D eigenvalue weighted by Crippen LogP contribution is -2.16. The first-order valence-electron chi connectivity index (χ1n) is 6.96. The number of aromatic nitrogens is 4. The normalized spacial score (nSPS) is 12.9. The Balaban J connectivity index is 2.27. The predicted octanol–water partition coefficient (Wildman–Crippen LogP) is 2.17. The quantitative estimate of drug-likeness (QED) is 0.919. The van der Waals surface area contributed by atoms with Crippen molar-refractivity contribution in [3.63, 3.8) is 0 Å². The first kappa shape index (κ1) is 15.1. The summed E-state index contributed by atoms with van der Waals surface area (Å²) in [6.45, 7) is 4.14. The van der Waals surface area contributed by atoms with Crippen LogP contribution in [-0.2, 0) is 33.4 Å². The van der Waals surface area contributed by atoms with Crippen LogP contribution in [0.2, 0.25) is 5.02 Å². The average molecular weight is 296 g/mol. The van der Waals surface area contributed by atoms with Gasteiger partial charge in [0.25, 0.3) is 0 Å². The minimum Gasteiger partial charge on any atom is -0.324 e. The number of hydrogen-bond acceptors (Lipinski definition) is 3. The van der Waals surface area contributed by atoms with E-state index in [0.717, 1.165) is 40.5 Å².